The minimum Gasteiger partial charge on any atom is -0.285 e. The van der Waals surface area contributed by atoms with Crippen molar-refractivity contribution >= 4 is 38.8 Å². The fourth-order valence-corrected chi connectivity index (χ4v) is 2.55. The summed E-state index contributed by atoms with van der Waals surface area (Å²) < 4.78 is 31.0. The molecule has 0 aliphatic rings. The molecule has 3 nitrogen and oxygen atoms in total. The molecule has 14 heavy (non-hydrogen) atoms. The largest absolute Gasteiger partial charge is 0.285 e. The molecule has 0 saturated carbocycles. The Morgan fingerprint density at radius 3 is 2.64 bits per heavy atom. The van der Waals surface area contributed by atoms with E-state index in [1.54, 1.807) is 18.2 Å². The van der Waals surface area contributed by atoms with Crippen LogP contribution in [0.3, 0.4) is 0 Å². The van der Waals surface area contributed by atoms with Gasteiger partial charge in [-0.1, -0.05) is 24.8 Å². The van der Waals surface area contributed by atoms with Gasteiger partial charge in [-0.2, -0.15) is 8.42 Å². The Bertz CT molecular complexity index is 451. The normalized spacial score (nSPS) is 11.3. The molecule has 0 radical (unpaired) electrons. The van der Waals surface area contributed by atoms with Gasteiger partial charge in [0.1, 0.15) is 5.75 Å². The van der Waals surface area contributed by atoms with Crippen LogP contribution in [0.15, 0.2) is 24.8 Å². The number of rotatable bonds is 3. The number of halogens is 1. The van der Waals surface area contributed by atoms with E-state index < -0.39 is 10.1 Å². The van der Waals surface area contributed by atoms with Crippen LogP contribution in [-0.2, 0) is 15.9 Å². The van der Waals surface area contributed by atoms with Gasteiger partial charge in [0, 0.05) is 3.57 Å². The highest BCUT2D eigenvalue weighted by Gasteiger charge is 2.10. The van der Waals surface area contributed by atoms with Gasteiger partial charge in [0.2, 0.25) is 0 Å². The third-order valence-electron chi connectivity index (χ3n) is 1.69. The lowest BCUT2D eigenvalue weighted by Gasteiger charge is -2.05. The van der Waals surface area contributed by atoms with Crippen LogP contribution in [0.2, 0.25) is 0 Å². The van der Waals surface area contributed by atoms with Crippen molar-refractivity contribution in [3.8, 4) is 0 Å². The van der Waals surface area contributed by atoms with Gasteiger partial charge >= 0.3 is 0 Å². The highest BCUT2D eigenvalue weighted by atomic mass is 127. The van der Waals surface area contributed by atoms with Crippen LogP contribution in [0, 0.1) is 3.57 Å². The van der Waals surface area contributed by atoms with Gasteiger partial charge < -0.3 is 0 Å². The van der Waals surface area contributed by atoms with Crippen molar-refractivity contribution in [1.29, 1.82) is 0 Å². The topological polar surface area (TPSA) is 54.4 Å². The van der Waals surface area contributed by atoms with Gasteiger partial charge in [-0.05, 0) is 39.8 Å². The van der Waals surface area contributed by atoms with E-state index in [-0.39, 0.29) is 5.75 Å². The summed E-state index contributed by atoms with van der Waals surface area (Å²) in [4.78, 5) is 0. The van der Waals surface area contributed by atoms with Gasteiger partial charge in [-0.25, -0.2) is 0 Å². The summed E-state index contributed by atoms with van der Waals surface area (Å²) in [5, 5.41) is 0. The summed E-state index contributed by atoms with van der Waals surface area (Å²) in [7, 11) is -3.98. The summed E-state index contributed by atoms with van der Waals surface area (Å²) in [5.74, 6) is -0.370. The Morgan fingerprint density at radius 1 is 1.50 bits per heavy atom. The third kappa shape index (κ3) is 3.07. The first-order valence-corrected chi connectivity index (χ1v) is 6.48. The maximum absolute atomic E-state index is 10.7. The maximum Gasteiger partial charge on any atom is 0.269 e. The molecule has 0 fully saturated rings. The van der Waals surface area contributed by atoms with Gasteiger partial charge in [0.25, 0.3) is 10.1 Å². The Labute approximate surface area is 96.7 Å². The fraction of sp³-hybridized carbons (Fsp3) is 0.111. The quantitative estimate of drug-likeness (QED) is 0.686. The Kier molecular flexibility index (Phi) is 3.68. The van der Waals surface area contributed by atoms with Crippen LogP contribution in [0.4, 0.5) is 0 Å². The molecule has 1 rings (SSSR count). The summed E-state index contributed by atoms with van der Waals surface area (Å²) >= 11 is 2.09. The van der Waals surface area contributed by atoms with Gasteiger partial charge in [0.15, 0.2) is 0 Å². The predicted molar refractivity (Wildman–Crippen MR) is 64.5 cm³/mol. The van der Waals surface area contributed by atoms with Crippen molar-refractivity contribution in [1.82, 2.24) is 0 Å². The molecule has 0 bridgehead atoms. The molecule has 5 heteroatoms. The number of hydrogen-bond acceptors (Lipinski definition) is 2. The molecule has 1 aromatic rings. The lowest BCUT2D eigenvalue weighted by molar-refractivity contribution is 0.482. The number of benzene rings is 1. The highest BCUT2D eigenvalue weighted by molar-refractivity contribution is 14.1. The van der Waals surface area contributed by atoms with Gasteiger partial charge in [0.05, 0.1) is 0 Å². The van der Waals surface area contributed by atoms with Crippen LogP contribution in [-0.4, -0.2) is 13.0 Å². The molecule has 1 aromatic carbocycles. The molecule has 0 unspecified atom stereocenters. The van der Waals surface area contributed by atoms with Crippen LogP contribution < -0.4 is 0 Å². The molecule has 0 aliphatic carbocycles. The predicted octanol–water partition coefficient (Wildman–Crippen LogP) is 2.32. The molecule has 0 aliphatic heterocycles. The van der Waals surface area contributed by atoms with Crippen molar-refractivity contribution in [2.75, 3.05) is 0 Å². The second-order valence-corrected chi connectivity index (χ2v) is 5.36. The second kappa shape index (κ2) is 4.41. The molecule has 1 N–H and O–H groups in total. The van der Waals surface area contributed by atoms with E-state index >= 15 is 0 Å². The number of hydrogen-bond donors (Lipinski definition) is 1. The van der Waals surface area contributed by atoms with Crippen LogP contribution in [0.1, 0.15) is 11.1 Å². The minimum atomic E-state index is -3.98. The SMILES string of the molecule is C=Cc1c(I)cccc1CS(=O)(=O)O. The first-order valence-electron chi connectivity index (χ1n) is 3.79. The first kappa shape index (κ1) is 11.7. The molecule has 0 atom stereocenters. The van der Waals surface area contributed by atoms with E-state index in [0.29, 0.717) is 5.56 Å². The van der Waals surface area contributed by atoms with Crippen molar-refractivity contribution in [2.24, 2.45) is 0 Å². The summed E-state index contributed by atoms with van der Waals surface area (Å²) in [6.07, 6.45) is 1.59. The zero-order valence-corrected chi connectivity index (χ0v) is 10.2. The van der Waals surface area contributed by atoms with E-state index in [9.17, 15) is 8.42 Å². The van der Waals surface area contributed by atoms with Crippen LogP contribution in [0.25, 0.3) is 6.08 Å². The molecule has 0 saturated heterocycles. The van der Waals surface area contributed by atoms with Gasteiger partial charge in [-0.3, -0.25) is 4.55 Å². The second-order valence-electron chi connectivity index (χ2n) is 2.74. The monoisotopic (exact) mass is 324 g/mol. The van der Waals surface area contributed by atoms with E-state index in [4.69, 9.17) is 4.55 Å². The summed E-state index contributed by atoms with van der Waals surface area (Å²) in [6.45, 7) is 3.60. The molecule has 0 heterocycles. The average Bonchev–Trinajstić information content (AvgIpc) is 2.01. The molecular weight excluding hydrogens is 315 g/mol. The molecular formula is C9H9IO3S. The summed E-state index contributed by atoms with van der Waals surface area (Å²) in [5.41, 5.74) is 1.32. The van der Waals surface area contributed by atoms with E-state index in [1.165, 1.54) is 0 Å². The first-order chi connectivity index (χ1) is 6.44. The van der Waals surface area contributed by atoms with Gasteiger partial charge in [-0.15, -0.1) is 0 Å². The van der Waals surface area contributed by atoms with Crippen molar-refractivity contribution in [2.45, 2.75) is 5.75 Å². The molecule has 0 spiro atoms. The van der Waals surface area contributed by atoms with Crippen LogP contribution in [0.5, 0.6) is 0 Å². The summed E-state index contributed by atoms with van der Waals surface area (Å²) in [6, 6.07) is 5.26. The lowest BCUT2D eigenvalue weighted by Crippen LogP contribution is -2.03. The third-order valence-corrected chi connectivity index (χ3v) is 3.30. The zero-order valence-electron chi connectivity index (χ0n) is 7.27. The van der Waals surface area contributed by atoms with E-state index in [1.807, 2.05) is 6.07 Å². The van der Waals surface area contributed by atoms with Crippen molar-refractivity contribution in [3.63, 3.8) is 0 Å². The zero-order chi connectivity index (χ0) is 10.8. The Hall–Kier alpha value is -0.400. The minimum absolute atomic E-state index is 0.370. The van der Waals surface area contributed by atoms with Crippen molar-refractivity contribution < 1.29 is 13.0 Å². The molecule has 76 valence electrons. The van der Waals surface area contributed by atoms with E-state index in [0.717, 1.165) is 9.13 Å². The Balaban J connectivity index is 3.21. The smallest absolute Gasteiger partial charge is 0.269 e. The Morgan fingerprint density at radius 2 is 2.14 bits per heavy atom. The maximum atomic E-state index is 10.7. The molecule has 0 aromatic heterocycles. The van der Waals surface area contributed by atoms with Crippen molar-refractivity contribution in [3.05, 3.63) is 39.5 Å². The van der Waals surface area contributed by atoms with E-state index in [2.05, 4.69) is 29.2 Å². The fourth-order valence-electron chi connectivity index (χ4n) is 1.13. The van der Waals surface area contributed by atoms with Crippen LogP contribution >= 0.6 is 22.6 Å². The lowest BCUT2D eigenvalue weighted by atomic mass is 10.1. The molecule has 0 amide bonds. The average molecular weight is 324 g/mol. The standard InChI is InChI=1S/C9H9IO3S/c1-2-8-7(6-14(11,12)13)4-3-5-9(8)10/h2-5H,1,6H2,(H,11,12,13). The highest BCUT2D eigenvalue weighted by Crippen LogP contribution is 2.19.